The minimum absolute atomic E-state index is 0.129. The van der Waals surface area contributed by atoms with E-state index in [1.54, 1.807) is 44.2 Å². The maximum absolute atomic E-state index is 13.5. The van der Waals surface area contributed by atoms with Crippen LogP contribution >= 0.6 is 11.3 Å². The average molecular weight is 438 g/mol. The minimum Gasteiger partial charge on any atom is -0.508 e. The molecule has 0 fully saturated rings. The predicted molar refractivity (Wildman–Crippen MR) is 115 cm³/mol. The number of hydrogen-bond donors (Lipinski definition) is 1. The molecular formula is C23H19FN2O4S. The molecule has 1 aliphatic rings. The SMILES string of the molecule is CCOC(=O)C1=C(C)N=c2s/c(=C\c3ccc(O)cc3)c(=O)n2C1c1ccc(F)cc1. The van der Waals surface area contributed by atoms with E-state index in [1.165, 1.54) is 40.2 Å². The van der Waals surface area contributed by atoms with Crippen molar-refractivity contribution in [1.29, 1.82) is 0 Å². The molecule has 1 atom stereocenters. The number of halogens is 1. The molecule has 0 radical (unpaired) electrons. The van der Waals surface area contributed by atoms with E-state index in [9.17, 15) is 19.1 Å². The second-order valence-electron chi connectivity index (χ2n) is 6.95. The number of ether oxygens (including phenoxy) is 1. The Balaban J connectivity index is 1.94. The molecule has 0 spiro atoms. The minimum atomic E-state index is -0.780. The zero-order chi connectivity index (χ0) is 22.1. The van der Waals surface area contributed by atoms with Crippen LogP contribution in [0.25, 0.3) is 6.08 Å². The summed E-state index contributed by atoms with van der Waals surface area (Å²) in [5.74, 6) is -0.850. The van der Waals surface area contributed by atoms with Crippen molar-refractivity contribution in [1.82, 2.24) is 4.57 Å². The van der Waals surface area contributed by atoms with Gasteiger partial charge in [-0.3, -0.25) is 9.36 Å². The van der Waals surface area contributed by atoms with Gasteiger partial charge in [0, 0.05) is 0 Å². The number of aromatic nitrogens is 1. The lowest BCUT2D eigenvalue weighted by Crippen LogP contribution is -2.39. The Morgan fingerprint density at radius 3 is 2.55 bits per heavy atom. The van der Waals surface area contributed by atoms with Gasteiger partial charge < -0.3 is 9.84 Å². The highest BCUT2D eigenvalue weighted by molar-refractivity contribution is 7.07. The van der Waals surface area contributed by atoms with Crippen LogP contribution in [0.15, 0.2) is 69.6 Å². The van der Waals surface area contributed by atoms with E-state index >= 15 is 0 Å². The summed E-state index contributed by atoms with van der Waals surface area (Å²) < 4.78 is 20.6. The number of allylic oxidation sites excluding steroid dienone is 1. The van der Waals surface area contributed by atoms with Crippen molar-refractivity contribution in [3.05, 3.63) is 96.4 Å². The summed E-state index contributed by atoms with van der Waals surface area (Å²) in [7, 11) is 0. The number of nitrogens with zero attached hydrogens (tertiary/aromatic N) is 2. The number of phenolic OH excluding ortho intramolecular Hbond substituents is 1. The molecule has 1 aromatic heterocycles. The van der Waals surface area contributed by atoms with Crippen molar-refractivity contribution in [2.75, 3.05) is 6.61 Å². The molecule has 31 heavy (non-hydrogen) atoms. The first-order valence-electron chi connectivity index (χ1n) is 9.63. The zero-order valence-electron chi connectivity index (χ0n) is 16.8. The van der Waals surface area contributed by atoms with Crippen molar-refractivity contribution in [2.24, 2.45) is 4.99 Å². The Labute approximate surface area is 180 Å². The highest BCUT2D eigenvalue weighted by Gasteiger charge is 2.33. The number of esters is 1. The van der Waals surface area contributed by atoms with Gasteiger partial charge in [-0.25, -0.2) is 14.2 Å². The van der Waals surface area contributed by atoms with E-state index < -0.39 is 17.8 Å². The van der Waals surface area contributed by atoms with E-state index in [0.29, 0.717) is 20.6 Å². The smallest absolute Gasteiger partial charge is 0.338 e. The Kier molecular flexibility index (Phi) is 5.56. The highest BCUT2D eigenvalue weighted by Crippen LogP contribution is 2.30. The zero-order valence-corrected chi connectivity index (χ0v) is 17.6. The van der Waals surface area contributed by atoms with E-state index in [1.807, 2.05) is 0 Å². The standard InChI is InChI=1S/C23H19FN2O4S/c1-3-30-22(29)19-13(2)25-23-26(20(19)15-6-8-16(24)9-7-15)21(28)18(31-23)12-14-4-10-17(27)11-5-14/h4-12,20,27H,3H2,1-2H3/b18-12-. The van der Waals surface area contributed by atoms with Gasteiger partial charge in [-0.05, 0) is 55.3 Å². The number of thiazole rings is 1. The number of phenols is 1. The fourth-order valence-corrected chi connectivity index (χ4v) is 4.52. The quantitative estimate of drug-likeness (QED) is 0.635. The van der Waals surface area contributed by atoms with Gasteiger partial charge in [0.2, 0.25) is 0 Å². The van der Waals surface area contributed by atoms with E-state index in [4.69, 9.17) is 4.74 Å². The van der Waals surface area contributed by atoms with Crippen molar-refractivity contribution in [2.45, 2.75) is 19.9 Å². The molecule has 6 nitrogen and oxygen atoms in total. The number of hydrogen-bond acceptors (Lipinski definition) is 6. The third-order valence-electron chi connectivity index (χ3n) is 4.89. The first-order valence-corrected chi connectivity index (χ1v) is 10.4. The summed E-state index contributed by atoms with van der Waals surface area (Å²) in [4.78, 5) is 31.0. The van der Waals surface area contributed by atoms with E-state index in [2.05, 4.69) is 4.99 Å². The molecule has 8 heteroatoms. The van der Waals surface area contributed by atoms with Crippen LogP contribution in [-0.4, -0.2) is 22.2 Å². The molecule has 158 valence electrons. The third-order valence-corrected chi connectivity index (χ3v) is 5.88. The van der Waals surface area contributed by atoms with Gasteiger partial charge in [-0.1, -0.05) is 35.6 Å². The number of rotatable bonds is 4. The summed E-state index contributed by atoms with van der Waals surface area (Å²) in [5, 5.41) is 9.48. The second kappa shape index (κ2) is 8.31. The maximum Gasteiger partial charge on any atom is 0.338 e. The van der Waals surface area contributed by atoms with E-state index in [0.717, 1.165) is 5.56 Å². The average Bonchev–Trinajstić information content (AvgIpc) is 3.04. The molecule has 0 amide bonds. The molecule has 2 aromatic carbocycles. The van der Waals surface area contributed by atoms with Crippen LogP contribution in [0.4, 0.5) is 4.39 Å². The van der Waals surface area contributed by atoms with Crippen molar-refractivity contribution in [3.63, 3.8) is 0 Å². The molecule has 1 N–H and O–H groups in total. The molecule has 1 unspecified atom stereocenters. The molecule has 0 saturated carbocycles. The summed E-state index contributed by atoms with van der Waals surface area (Å²) >= 11 is 1.20. The highest BCUT2D eigenvalue weighted by atomic mass is 32.1. The number of benzene rings is 2. The van der Waals surface area contributed by atoms with Gasteiger partial charge in [0.1, 0.15) is 11.6 Å². The van der Waals surface area contributed by atoms with Crippen LogP contribution < -0.4 is 14.9 Å². The van der Waals surface area contributed by atoms with Gasteiger partial charge in [0.05, 0.1) is 28.5 Å². The fraction of sp³-hybridized carbons (Fsp3) is 0.174. The Morgan fingerprint density at radius 1 is 1.23 bits per heavy atom. The van der Waals surface area contributed by atoms with Crippen LogP contribution in [0.3, 0.4) is 0 Å². The molecule has 0 saturated heterocycles. The van der Waals surface area contributed by atoms with Gasteiger partial charge in [-0.15, -0.1) is 0 Å². The topological polar surface area (TPSA) is 80.9 Å². The van der Waals surface area contributed by atoms with Crippen LogP contribution in [-0.2, 0) is 9.53 Å². The van der Waals surface area contributed by atoms with Gasteiger partial charge >= 0.3 is 5.97 Å². The summed E-state index contributed by atoms with van der Waals surface area (Å²) in [5.41, 5.74) is 1.70. The Hall–Kier alpha value is -3.52. The lowest BCUT2D eigenvalue weighted by Gasteiger charge is -2.24. The molecule has 0 bridgehead atoms. The van der Waals surface area contributed by atoms with Gasteiger partial charge in [0.25, 0.3) is 5.56 Å². The molecule has 4 rings (SSSR count). The molecule has 3 aromatic rings. The largest absolute Gasteiger partial charge is 0.508 e. The summed E-state index contributed by atoms with van der Waals surface area (Å²) in [6.07, 6.45) is 1.70. The summed E-state index contributed by atoms with van der Waals surface area (Å²) in [6, 6.07) is 11.4. The normalized spacial score (nSPS) is 16.1. The maximum atomic E-state index is 13.5. The first kappa shape index (κ1) is 20.7. The molecule has 0 aliphatic carbocycles. The molecule has 2 heterocycles. The van der Waals surface area contributed by atoms with Gasteiger partial charge in [0.15, 0.2) is 4.80 Å². The van der Waals surface area contributed by atoms with Crippen LogP contribution in [0, 0.1) is 5.82 Å². The Bertz CT molecular complexity index is 1350. The van der Waals surface area contributed by atoms with Gasteiger partial charge in [-0.2, -0.15) is 0 Å². The van der Waals surface area contributed by atoms with Crippen LogP contribution in [0.5, 0.6) is 5.75 Å². The van der Waals surface area contributed by atoms with E-state index in [-0.39, 0.29) is 23.5 Å². The Morgan fingerprint density at radius 2 is 1.90 bits per heavy atom. The van der Waals surface area contributed by atoms with Crippen molar-refractivity contribution in [3.8, 4) is 5.75 Å². The van der Waals surface area contributed by atoms with Crippen molar-refractivity contribution < 1.29 is 19.0 Å². The van der Waals surface area contributed by atoms with Crippen LogP contribution in [0.1, 0.15) is 31.0 Å². The molecular weight excluding hydrogens is 419 g/mol. The number of aromatic hydroxyl groups is 1. The number of fused-ring (bicyclic) bond motifs is 1. The lowest BCUT2D eigenvalue weighted by molar-refractivity contribution is -0.139. The first-order chi connectivity index (χ1) is 14.9. The van der Waals surface area contributed by atoms with Crippen LogP contribution in [0.2, 0.25) is 0 Å². The molecule has 1 aliphatic heterocycles. The number of carbonyl (C=O) groups excluding carboxylic acids is 1. The van der Waals surface area contributed by atoms with Crippen molar-refractivity contribution >= 4 is 23.4 Å². The number of carbonyl (C=O) groups is 1. The third kappa shape index (κ3) is 3.94. The summed E-state index contributed by atoms with van der Waals surface area (Å²) in [6.45, 7) is 3.57. The lowest BCUT2D eigenvalue weighted by atomic mass is 9.96. The monoisotopic (exact) mass is 438 g/mol. The predicted octanol–water partition coefficient (Wildman–Crippen LogP) is 2.64. The second-order valence-corrected chi connectivity index (χ2v) is 7.95. The fourth-order valence-electron chi connectivity index (χ4n) is 3.47.